The van der Waals surface area contributed by atoms with Gasteiger partial charge in [0.25, 0.3) is 5.91 Å². The number of carbonyl (C=O) groups excluding carboxylic acids is 2. The summed E-state index contributed by atoms with van der Waals surface area (Å²) in [6, 6.07) is 7.63. The normalized spacial score (nSPS) is 16.6. The number of aryl methyl sites for hydroxylation is 1. The van der Waals surface area contributed by atoms with Crippen molar-refractivity contribution in [3.05, 3.63) is 41.7 Å². The fraction of sp³-hybridized carbons (Fsp3) is 0.389. The van der Waals surface area contributed by atoms with Crippen molar-refractivity contribution in [2.75, 3.05) is 21.9 Å². The van der Waals surface area contributed by atoms with E-state index in [2.05, 4.69) is 10.5 Å². The quantitative estimate of drug-likeness (QED) is 0.728. The summed E-state index contributed by atoms with van der Waals surface area (Å²) in [7, 11) is -3.28. The third-order valence-corrected chi connectivity index (χ3v) is 6.15. The van der Waals surface area contributed by atoms with E-state index >= 15 is 0 Å². The number of hydrogen-bond donors (Lipinski definition) is 1. The van der Waals surface area contributed by atoms with Gasteiger partial charge in [-0.2, -0.15) is 0 Å². The lowest BCUT2D eigenvalue weighted by Gasteiger charge is -2.18. The molecular formula is C18H21N3O6S. The summed E-state index contributed by atoms with van der Waals surface area (Å²) >= 11 is 0. The Kier molecular flexibility index (Phi) is 5.68. The van der Waals surface area contributed by atoms with E-state index in [1.165, 1.54) is 16.4 Å². The summed E-state index contributed by atoms with van der Waals surface area (Å²) in [6.07, 6.45) is -0.147. The molecule has 10 heteroatoms. The van der Waals surface area contributed by atoms with Crippen LogP contribution >= 0.6 is 0 Å². The number of esters is 1. The van der Waals surface area contributed by atoms with Crippen LogP contribution in [-0.4, -0.2) is 43.9 Å². The Morgan fingerprint density at radius 2 is 2.04 bits per heavy atom. The minimum absolute atomic E-state index is 0.120. The molecule has 1 amide bonds. The SMILES string of the molecule is CCC(OC(=O)c1ccc(N2CCCS2(=O)=O)cc1)C(=O)Nc1cc(C)on1. The smallest absolute Gasteiger partial charge is 0.338 e. The number of ether oxygens (including phenoxy) is 1. The molecule has 1 aliphatic rings. The number of aromatic nitrogens is 1. The molecule has 9 nitrogen and oxygen atoms in total. The maximum atomic E-state index is 12.4. The zero-order chi connectivity index (χ0) is 20.3. The molecule has 0 aliphatic carbocycles. The summed E-state index contributed by atoms with van der Waals surface area (Å²) in [4.78, 5) is 24.6. The Labute approximate surface area is 162 Å². The second-order valence-corrected chi connectivity index (χ2v) is 8.42. The zero-order valence-electron chi connectivity index (χ0n) is 15.5. The highest BCUT2D eigenvalue weighted by atomic mass is 32.2. The molecule has 1 aromatic heterocycles. The first-order valence-electron chi connectivity index (χ1n) is 8.86. The lowest BCUT2D eigenvalue weighted by Crippen LogP contribution is -2.32. The first kappa shape index (κ1) is 19.9. The second-order valence-electron chi connectivity index (χ2n) is 6.40. The molecule has 1 unspecified atom stereocenters. The lowest BCUT2D eigenvalue weighted by atomic mass is 10.2. The maximum Gasteiger partial charge on any atom is 0.338 e. The van der Waals surface area contributed by atoms with E-state index in [0.29, 0.717) is 24.4 Å². The van der Waals surface area contributed by atoms with Crippen LogP contribution in [-0.2, 0) is 19.6 Å². The molecule has 1 saturated heterocycles. The fourth-order valence-electron chi connectivity index (χ4n) is 2.84. The van der Waals surface area contributed by atoms with Gasteiger partial charge in [-0.25, -0.2) is 13.2 Å². The first-order valence-corrected chi connectivity index (χ1v) is 10.5. The van der Waals surface area contributed by atoms with E-state index < -0.39 is 28.0 Å². The van der Waals surface area contributed by atoms with Crippen molar-refractivity contribution >= 4 is 33.4 Å². The van der Waals surface area contributed by atoms with Gasteiger partial charge in [0.15, 0.2) is 11.9 Å². The third-order valence-electron chi connectivity index (χ3n) is 4.28. The molecule has 28 heavy (non-hydrogen) atoms. The highest BCUT2D eigenvalue weighted by Crippen LogP contribution is 2.24. The molecule has 150 valence electrons. The lowest BCUT2D eigenvalue weighted by molar-refractivity contribution is -0.124. The highest BCUT2D eigenvalue weighted by Gasteiger charge is 2.29. The van der Waals surface area contributed by atoms with Gasteiger partial charge in [-0.1, -0.05) is 12.1 Å². The predicted octanol–water partition coefficient (Wildman–Crippen LogP) is 2.10. The van der Waals surface area contributed by atoms with E-state index in [1.807, 2.05) is 0 Å². The average Bonchev–Trinajstić information content (AvgIpc) is 3.23. The van der Waals surface area contributed by atoms with Crippen LogP contribution in [0.1, 0.15) is 35.9 Å². The largest absolute Gasteiger partial charge is 0.449 e. The summed E-state index contributed by atoms with van der Waals surface area (Å²) in [5.41, 5.74) is 0.726. The Morgan fingerprint density at radius 3 is 2.57 bits per heavy atom. The molecule has 1 atom stereocenters. The van der Waals surface area contributed by atoms with Crippen molar-refractivity contribution in [3.63, 3.8) is 0 Å². The van der Waals surface area contributed by atoms with Gasteiger partial charge in [0.2, 0.25) is 10.0 Å². The molecule has 1 N–H and O–H groups in total. The number of rotatable bonds is 6. The number of anilines is 2. The van der Waals surface area contributed by atoms with Crippen molar-refractivity contribution in [1.29, 1.82) is 0 Å². The van der Waals surface area contributed by atoms with Crippen LogP contribution in [0.3, 0.4) is 0 Å². The molecule has 2 aromatic rings. The van der Waals surface area contributed by atoms with E-state index in [-0.39, 0.29) is 23.6 Å². The van der Waals surface area contributed by atoms with Crippen molar-refractivity contribution in [2.45, 2.75) is 32.8 Å². The summed E-state index contributed by atoms with van der Waals surface area (Å²) in [5.74, 6) is -0.276. The molecule has 1 fully saturated rings. The molecule has 2 heterocycles. The number of benzene rings is 1. The Balaban J connectivity index is 1.65. The van der Waals surface area contributed by atoms with Crippen LogP contribution in [0.25, 0.3) is 0 Å². The Morgan fingerprint density at radius 1 is 1.32 bits per heavy atom. The number of nitrogens with one attached hydrogen (secondary N) is 1. The van der Waals surface area contributed by atoms with E-state index in [9.17, 15) is 18.0 Å². The topological polar surface area (TPSA) is 119 Å². The highest BCUT2D eigenvalue weighted by molar-refractivity contribution is 7.93. The summed E-state index contributed by atoms with van der Waals surface area (Å²) < 4.78 is 35.4. The molecule has 0 spiro atoms. The van der Waals surface area contributed by atoms with Gasteiger partial charge in [0.05, 0.1) is 17.0 Å². The maximum absolute atomic E-state index is 12.4. The van der Waals surface area contributed by atoms with Crippen LogP contribution in [0.5, 0.6) is 0 Å². The van der Waals surface area contributed by atoms with Crippen LogP contribution in [0, 0.1) is 6.92 Å². The predicted molar refractivity (Wildman–Crippen MR) is 102 cm³/mol. The van der Waals surface area contributed by atoms with Crippen LogP contribution in [0.2, 0.25) is 0 Å². The monoisotopic (exact) mass is 407 g/mol. The van der Waals surface area contributed by atoms with Crippen molar-refractivity contribution < 1.29 is 27.3 Å². The third kappa shape index (κ3) is 4.33. The molecule has 0 radical (unpaired) electrons. The van der Waals surface area contributed by atoms with Gasteiger partial charge < -0.3 is 14.6 Å². The minimum atomic E-state index is -3.28. The van der Waals surface area contributed by atoms with Crippen molar-refractivity contribution in [2.24, 2.45) is 0 Å². The summed E-state index contributed by atoms with van der Waals surface area (Å²) in [6.45, 7) is 3.83. The van der Waals surface area contributed by atoms with Crippen LogP contribution in [0.15, 0.2) is 34.9 Å². The van der Waals surface area contributed by atoms with E-state index in [1.54, 1.807) is 32.0 Å². The van der Waals surface area contributed by atoms with Gasteiger partial charge in [-0.05, 0) is 44.0 Å². The molecule has 1 aliphatic heterocycles. The van der Waals surface area contributed by atoms with Gasteiger partial charge in [0, 0.05) is 12.6 Å². The van der Waals surface area contributed by atoms with E-state index in [4.69, 9.17) is 9.26 Å². The zero-order valence-corrected chi connectivity index (χ0v) is 16.4. The van der Waals surface area contributed by atoms with Gasteiger partial charge >= 0.3 is 5.97 Å². The first-order chi connectivity index (χ1) is 13.3. The molecule has 0 bridgehead atoms. The Hall–Kier alpha value is -2.88. The van der Waals surface area contributed by atoms with Crippen LogP contribution in [0.4, 0.5) is 11.5 Å². The molecular weight excluding hydrogens is 386 g/mol. The van der Waals surface area contributed by atoms with Crippen molar-refractivity contribution in [1.82, 2.24) is 5.16 Å². The number of nitrogens with zero attached hydrogens (tertiary/aromatic N) is 2. The molecule has 1 aromatic carbocycles. The number of amides is 1. The van der Waals surface area contributed by atoms with Crippen LogP contribution < -0.4 is 9.62 Å². The Bertz CT molecular complexity index is 967. The standard InChI is InChI=1S/C18H21N3O6S/c1-3-15(17(22)19-16-11-12(2)27-20-16)26-18(23)13-5-7-14(8-6-13)21-9-4-10-28(21,24)25/h5-8,11,15H,3-4,9-10H2,1-2H3,(H,19,20,22). The van der Waals surface area contributed by atoms with Gasteiger partial charge in [-0.15, -0.1) is 0 Å². The molecule has 3 rings (SSSR count). The summed E-state index contributed by atoms with van der Waals surface area (Å²) in [5, 5.41) is 6.20. The van der Waals surface area contributed by atoms with Gasteiger partial charge in [-0.3, -0.25) is 9.10 Å². The molecule has 0 saturated carbocycles. The van der Waals surface area contributed by atoms with Crippen molar-refractivity contribution in [3.8, 4) is 0 Å². The fourth-order valence-corrected chi connectivity index (χ4v) is 4.41. The number of carbonyl (C=O) groups is 2. The second kappa shape index (κ2) is 8.01. The number of sulfonamides is 1. The van der Waals surface area contributed by atoms with E-state index in [0.717, 1.165) is 0 Å². The van der Waals surface area contributed by atoms with Gasteiger partial charge in [0.1, 0.15) is 5.76 Å². The number of hydrogen-bond acceptors (Lipinski definition) is 7. The minimum Gasteiger partial charge on any atom is -0.449 e. The average molecular weight is 407 g/mol.